The van der Waals surface area contributed by atoms with Crippen LogP contribution in [0.15, 0.2) is 30.1 Å². The minimum Gasteiger partial charge on any atom is -0.401 e. The second kappa shape index (κ2) is 5.70. The summed E-state index contributed by atoms with van der Waals surface area (Å²) in [7, 11) is 0. The molecule has 0 aromatic carbocycles. The average molecular weight is 301 g/mol. The highest BCUT2D eigenvalue weighted by molar-refractivity contribution is 5.95. The number of nitrogens with zero attached hydrogens (tertiary/aromatic N) is 1. The van der Waals surface area contributed by atoms with Gasteiger partial charge in [-0.05, 0) is 18.2 Å². The fourth-order valence-corrected chi connectivity index (χ4v) is 1.79. The molecule has 2 atom stereocenters. The first-order chi connectivity index (χ1) is 9.77. The minimum atomic E-state index is -4.50. The number of rotatable bonds is 2. The van der Waals surface area contributed by atoms with Crippen LogP contribution in [0.25, 0.3) is 0 Å². The Kier molecular flexibility index (Phi) is 4.14. The number of aromatic nitrogens is 1. The van der Waals surface area contributed by atoms with E-state index in [1.165, 1.54) is 6.08 Å². The largest absolute Gasteiger partial charge is 0.416 e. The summed E-state index contributed by atoms with van der Waals surface area (Å²) in [5.41, 5.74) is 10.7. The fraction of sp³-hybridized carbons (Fsp3) is 0.333. The zero-order chi connectivity index (χ0) is 15.6. The van der Waals surface area contributed by atoms with Gasteiger partial charge in [0.25, 0.3) is 0 Å². The molecule has 1 amide bonds. The molecule has 1 aliphatic heterocycles. The van der Waals surface area contributed by atoms with Crippen molar-refractivity contribution in [2.75, 3.05) is 11.9 Å². The lowest BCUT2D eigenvalue weighted by atomic mass is 10.1. The quantitative estimate of drug-likeness (QED) is 0.623. The van der Waals surface area contributed by atoms with Crippen molar-refractivity contribution in [3.63, 3.8) is 0 Å². The summed E-state index contributed by atoms with van der Waals surface area (Å²) in [6, 6.07) is 0.437. The van der Waals surface area contributed by atoms with Crippen LogP contribution in [-0.2, 0) is 11.0 Å². The summed E-state index contributed by atoms with van der Waals surface area (Å²) in [4.78, 5) is 15.6. The van der Waals surface area contributed by atoms with E-state index in [4.69, 9.17) is 11.5 Å². The third-order valence-electron chi connectivity index (χ3n) is 2.97. The Labute approximate surface area is 118 Å². The van der Waals surface area contributed by atoms with Crippen LogP contribution in [0.4, 0.5) is 19.0 Å². The molecule has 1 aliphatic rings. The van der Waals surface area contributed by atoms with E-state index in [1.807, 2.05) is 0 Å². The third kappa shape index (κ3) is 3.70. The number of nitrogens with one attached hydrogen (secondary N) is 2. The maximum Gasteiger partial charge on any atom is 0.416 e. The van der Waals surface area contributed by atoms with E-state index in [2.05, 4.69) is 15.6 Å². The van der Waals surface area contributed by atoms with Crippen molar-refractivity contribution in [3.8, 4) is 0 Å². The molecule has 0 saturated heterocycles. The van der Waals surface area contributed by atoms with Gasteiger partial charge in [-0.25, -0.2) is 4.98 Å². The molecule has 6 N–H and O–H groups in total. The van der Waals surface area contributed by atoms with Gasteiger partial charge in [-0.2, -0.15) is 13.2 Å². The molecule has 0 spiro atoms. The van der Waals surface area contributed by atoms with Crippen LogP contribution in [0, 0.1) is 0 Å². The van der Waals surface area contributed by atoms with Crippen molar-refractivity contribution in [2.45, 2.75) is 18.3 Å². The highest BCUT2D eigenvalue weighted by Gasteiger charge is 2.31. The Morgan fingerprint density at radius 2 is 2.19 bits per heavy atom. The first-order valence-electron chi connectivity index (χ1n) is 6.07. The number of anilines is 1. The zero-order valence-electron chi connectivity index (χ0n) is 10.8. The van der Waals surface area contributed by atoms with E-state index in [0.29, 0.717) is 12.2 Å². The second-order valence-corrected chi connectivity index (χ2v) is 4.58. The van der Waals surface area contributed by atoms with E-state index in [-0.39, 0.29) is 11.9 Å². The van der Waals surface area contributed by atoms with Gasteiger partial charge in [0.2, 0.25) is 5.91 Å². The number of hydrogen-bond acceptors (Lipinski definition) is 5. The van der Waals surface area contributed by atoms with Gasteiger partial charge in [-0.15, -0.1) is 0 Å². The van der Waals surface area contributed by atoms with Gasteiger partial charge in [-0.3, -0.25) is 4.79 Å². The third-order valence-corrected chi connectivity index (χ3v) is 2.97. The fourth-order valence-electron chi connectivity index (χ4n) is 1.79. The molecule has 2 heterocycles. The Morgan fingerprint density at radius 3 is 2.81 bits per heavy atom. The lowest BCUT2D eigenvalue weighted by Gasteiger charge is -2.24. The Morgan fingerprint density at radius 1 is 1.48 bits per heavy atom. The average Bonchev–Trinajstić information content (AvgIpc) is 2.41. The number of amides is 1. The van der Waals surface area contributed by atoms with Crippen LogP contribution in [0.2, 0.25) is 0 Å². The molecule has 114 valence electrons. The van der Waals surface area contributed by atoms with Crippen molar-refractivity contribution in [2.24, 2.45) is 11.5 Å². The van der Waals surface area contributed by atoms with Gasteiger partial charge in [0.15, 0.2) is 0 Å². The Hall–Kier alpha value is -2.13. The summed E-state index contributed by atoms with van der Waals surface area (Å²) in [5.74, 6) is -0.741. The van der Waals surface area contributed by atoms with Crippen LogP contribution < -0.4 is 22.1 Å². The predicted octanol–water partition coefficient (Wildman–Crippen LogP) is 0.181. The molecule has 0 aliphatic carbocycles. The Bertz CT molecular complexity index is 572. The maximum atomic E-state index is 12.6. The monoisotopic (exact) mass is 301 g/mol. The second-order valence-electron chi connectivity index (χ2n) is 4.58. The predicted molar refractivity (Wildman–Crippen MR) is 69.9 cm³/mol. The van der Waals surface area contributed by atoms with Crippen LogP contribution in [0.1, 0.15) is 5.56 Å². The number of alkyl halides is 3. The van der Waals surface area contributed by atoms with Crippen molar-refractivity contribution >= 4 is 11.7 Å². The first-order valence-corrected chi connectivity index (χ1v) is 6.07. The standard InChI is InChI=1S/C12H14F3N5O/c13-12(14,15)6-1-2-18-10(3-6)20-11(21)9-4-7(16)8(17)5-19-9/h1-4,8-9,19H,5,16-17H2,(H,18,20,21). The first kappa shape index (κ1) is 15.3. The van der Waals surface area contributed by atoms with Gasteiger partial charge in [0, 0.05) is 18.4 Å². The van der Waals surface area contributed by atoms with Gasteiger partial charge in [0.1, 0.15) is 11.9 Å². The Balaban J connectivity index is 2.10. The van der Waals surface area contributed by atoms with Crippen LogP contribution in [-0.4, -0.2) is 29.5 Å². The van der Waals surface area contributed by atoms with E-state index in [1.54, 1.807) is 0 Å². The lowest BCUT2D eigenvalue weighted by Crippen LogP contribution is -2.51. The number of nitrogens with two attached hydrogens (primary N) is 2. The van der Waals surface area contributed by atoms with Crippen molar-refractivity contribution in [1.82, 2.24) is 10.3 Å². The van der Waals surface area contributed by atoms with Crippen LogP contribution in [0.5, 0.6) is 0 Å². The smallest absolute Gasteiger partial charge is 0.401 e. The minimum absolute atomic E-state index is 0.182. The zero-order valence-corrected chi connectivity index (χ0v) is 10.8. The molecular formula is C12H14F3N5O. The molecule has 0 radical (unpaired) electrons. The van der Waals surface area contributed by atoms with E-state index in [9.17, 15) is 18.0 Å². The topological polar surface area (TPSA) is 106 Å². The molecule has 0 bridgehead atoms. The molecule has 2 rings (SSSR count). The van der Waals surface area contributed by atoms with Crippen molar-refractivity contribution < 1.29 is 18.0 Å². The number of carbonyl (C=O) groups excluding carboxylic acids is 1. The molecule has 1 aromatic rings. The molecule has 2 unspecified atom stereocenters. The summed E-state index contributed by atoms with van der Waals surface area (Å²) >= 11 is 0. The number of halogens is 3. The van der Waals surface area contributed by atoms with Crippen molar-refractivity contribution in [3.05, 3.63) is 35.7 Å². The van der Waals surface area contributed by atoms with Gasteiger partial charge >= 0.3 is 6.18 Å². The highest BCUT2D eigenvalue weighted by Crippen LogP contribution is 2.29. The summed E-state index contributed by atoms with van der Waals surface area (Å²) in [6.07, 6.45) is -2.09. The van der Waals surface area contributed by atoms with Crippen LogP contribution in [0.3, 0.4) is 0 Å². The number of pyridine rings is 1. The maximum absolute atomic E-state index is 12.6. The number of carbonyl (C=O) groups is 1. The molecular weight excluding hydrogens is 287 g/mol. The van der Waals surface area contributed by atoms with Gasteiger partial charge in [-0.1, -0.05) is 0 Å². The molecule has 6 nitrogen and oxygen atoms in total. The lowest BCUT2D eigenvalue weighted by molar-refractivity contribution is -0.137. The summed E-state index contributed by atoms with van der Waals surface area (Å²) in [6.45, 7) is 0.302. The van der Waals surface area contributed by atoms with E-state index in [0.717, 1.165) is 18.3 Å². The molecule has 9 heteroatoms. The van der Waals surface area contributed by atoms with E-state index < -0.39 is 23.7 Å². The van der Waals surface area contributed by atoms with Gasteiger partial charge < -0.3 is 22.1 Å². The van der Waals surface area contributed by atoms with Crippen LogP contribution >= 0.6 is 0 Å². The normalized spacial score (nSPS) is 22.6. The highest BCUT2D eigenvalue weighted by atomic mass is 19.4. The summed E-state index contributed by atoms with van der Waals surface area (Å²) < 4.78 is 37.7. The molecule has 1 aromatic heterocycles. The van der Waals surface area contributed by atoms with Gasteiger partial charge in [0.05, 0.1) is 11.6 Å². The van der Waals surface area contributed by atoms with Crippen molar-refractivity contribution in [1.29, 1.82) is 0 Å². The SMILES string of the molecule is NC1=CC(C(=O)Nc2cc(C(F)(F)F)ccn2)NCC1N. The molecule has 0 saturated carbocycles. The number of hydrogen-bond donors (Lipinski definition) is 4. The molecule has 0 fully saturated rings. The summed E-state index contributed by atoms with van der Waals surface area (Å²) in [5, 5.41) is 5.13. The molecule has 21 heavy (non-hydrogen) atoms. The van der Waals surface area contributed by atoms with E-state index >= 15 is 0 Å².